The molecule has 0 bridgehead atoms. The predicted octanol–water partition coefficient (Wildman–Crippen LogP) is 3.19. The molecule has 0 spiro atoms. The molecule has 2 aromatic rings. The molecule has 0 saturated carbocycles. The summed E-state index contributed by atoms with van der Waals surface area (Å²) >= 11 is 0. The number of nitrogens with zero attached hydrogens (tertiary/aromatic N) is 1. The Morgan fingerprint density at radius 2 is 1.83 bits per heavy atom. The average Bonchev–Trinajstić information content (AvgIpc) is 2.80. The van der Waals surface area contributed by atoms with Crippen molar-refractivity contribution in [2.45, 2.75) is 52.1 Å². The highest BCUT2D eigenvalue weighted by molar-refractivity contribution is 6.01. The zero-order valence-electron chi connectivity index (χ0n) is 20.5. The molecule has 36 heavy (non-hydrogen) atoms. The summed E-state index contributed by atoms with van der Waals surface area (Å²) in [7, 11) is 0. The van der Waals surface area contributed by atoms with Gasteiger partial charge in [-0.1, -0.05) is 30.3 Å². The van der Waals surface area contributed by atoms with Crippen molar-refractivity contribution in [3.05, 3.63) is 65.5 Å². The molecule has 1 amide bonds. The molecule has 10 heteroatoms. The van der Waals surface area contributed by atoms with Crippen LogP contribution in [-0.4, -0.2) is 54.8 Å². The lowest BCUT2D eigenvalue weighted by Gasteiger charge is -2.35. The first-order valence-corrected chi connectivity index (χ1v) is 11.3. The second kappa shape index (κ2) is 11.3. The summed E-state index contributed by atoms with van der Waals surface area (Å²) in [6.45, 7) is 5.91. The molecular formula is C26H28FNO8. The van der Waals surface area contributed by atoms with Gasteiger partial charge in [0.1, 0.15) is 18.0 Å². The molecule has 1 heterocycles. The number of carbonyl (C=O) groups is 4. The van der Waals surface area contributed by atoms with Crippen LogP contribution in [0.2, 0.25) is 0 Å². The van der Waals surface area contributed by atoms with Gasteiger partial charge in [-0.3, -0.25) is 9.59 Å². The number of halogens is 1. The summed E-state index contributed by atoms with van der Waals surface area (Å²) in [4.78, 5) is 51.4. The molecule has 2 aromatic carbocycles. The Morgan fingerprint density at radius 1 is 1.14 bits per heavy atom. The Bertz CT molecular complexity index is 1130. The quantitative estimate of drug-likeness (QED) is 0.421. The third kappa shape index (κ3) is 7.11. The van der Waals surface area contributed by atoms with E-state index in [1.54, 1.807) is 45.0 Å². The van der Waals surface area contributed by atoms with Crippen molar-refractivity contribution in [2.75, 3.05) is 18.1 Å². The smallest absolute Gasteiger partial charge is 0.351 e. The maximum atomic E-state index is 14.5. The van der Waals surface area contributed by atoms with E-state index in [1.807, 2.05) is 6.07 Å². The van der Waals surface area contributed by atoms with Gasteiger partial charge in [0, 0.05) is 19.2 Å². The Labute approximate surface area is 208 Å². The van der Waals surface area contributed by atoms with Crippen molar-refractivity contribution in [3.8, 4) is 0 Å². The molecular weight excluding hydrogens is 473 g/mol. The van der Waals surface area contributed by atoms with E-state index in [4.69, 9.17) is 18.9 Å². The minimum Gasteiger partial charge on any atom is -0.457 e. The molecule has 0 aliphatic carbocycles. The zero-order chi connectivity index (χ0) is 26.5. The van der Waals surface area contributed by atoms with Crippen LogP contribution in [0, 0.1) is 5.82 Å². The fourth-order valence-electron chi connectivity index (χ4n) is 3.51. The maximum absolute atomic E-state index is 14.5. The number of morpholine rings is 1. The minimum atomic E-state index is -1.67. The molecule has 2 atom stereocenters. The largest absolute Gasteiger partial charge is 0.457 e. The Kier molecular flexibility index (Phi) is 8.41. The number of anilines is 1. The number of carbonyl (C=O) groups excluding carboxylic acids is 4. The number of hydrogen-bond donors (Lipinski definition) is 0. The van der Waals surface area contributed by atoms with Crippen LogP contribution < -0.4 is 4.90 Å². The number of ether oxygens (including phenoxy) is 4. The molecule has 9 nitrogen and oxygen atoms in total. The standard InChI is InChI=1S/C26H28FNO8/c1-16(29)35-22(25(32)36-26(2,3)4)21-23(30)28(10-11-33-21)20-13-18(12-19(27)14-20)24(31)34-15-17-8-6-5-7-9-17/h5-9,12-14,21-22H,10-11,15H2,1-4H3/t21-,22-/m1/s1. The van der Waals surface area contributed by atoms with E-state index in [-0.39, 0.29) is 31.0 Å². The van der Waals surface area contributed by atoms with Gasteiger partial charge in [-0.05, 0) is 44.5 Å². The molecule has 3 rings (SSSR count). The molecule has 1 saturated heterocycles. The third-order valence-electron chi connectivity index (χ3n) is 4.97. The van der Waals surface area contributed by atoms with Gasteiger partial charge in [-0.15, -0.1) is 0 Å². The lowest BCUT2D eigenvalue weighted by molar-refractivity contribution is -0.188. The number of rotatable bonds is 7. The second-order valence-corrected chi connectivity index (χ2v) is 9.10. The first-order chi connectivity index (χ1) is 16.9. The van der Waals surface area contributed by atoms with Gasteiger partial charge in [-0.2, -0.15) is 0 Å². The molecule has 1 aliphatic heterocycles. The maximum Gasteiger partial charge on any atom is 0.351 e. The second-order valence-electron chi connectivity index (χ2n) is 9.10. The normalized spacial score (nSPS) is 16.8. The molecule has 0 unspecified atom stereocenters. The molecule has 192 valence electrons. The molecule has 1 fully saturated rings. The van der Waals surface area contributed by atoms with Crippen molar-refractivity contribution in [2.24, 2.45) is 0 Å². The van der Waals surface area contributed by atoms with E-state index >= 15 is 0 Å². The minimum absolute atomic E-state index is 0.00989. The van der Waals surface area contributed by atoms with Crippen molar-refractivity contribution in [1.29, 1.82) is 0 Å². The Hall–Kier alpha value is -3.79. The van der Waals surface area contributed by atoms with Gasteiger partial charge in [0.25, 0.3) is 5.91 Å². The Morgan fingerprint density at radius 3 is 2.47 bits per heavy atom. The zero-order valence-corrected chi connectivity index (χ0v) is 20.5. The van der Waals surface area contributed by atoms with Gasteiger partial charge < -0.3 is 23.8 Å². The average molecular weight is 502 g/mol. The summed E-state index contributed by atoms with van der Waals surface area (Å²) in [6.07, 6.45) is -3.19. The summed E-state index contributed by atoms with van der Waals surface area (Å²) in [5, 5.41) is 0. The van der Waals surface area contributed by atoms with Crippen LogP contribution in [0.1, 0.15) is 43.6 Å². The van der Waals surface area contributed by atoms with E-state index in [0.29, 0.717) is 0 Å². The predicted molar refractivity (Wildman–Crippen MR) is 125 cm³/mol. The van der Waals surface area contributed by atoms with Crippen molar-refractivity contribution in [3.63, 3.8) is 0 Å². The van der Waals surface area contributed by atoms with E-state index in [0.717, 1.165) is 29.5 Å². The van der Waals surface area contributed by atoms with Crippen molar-refractivity contribution < 1.29 is 42.5 Å². The SMILES string of the molecule is CC(=O)O[C@@H](C(=O)OC(C)(C)C)[C@H]1OCCN(c2cc(F)cc(C(=O)OCc3ccccc3)c2)C1=O. The van der Waals surface area contributed by atoms with Crippen LogP contribution in [0.3, 0.4) is 0 Å². The summed E-state index contributed by atoms with van der Waals surface area (Å²) in [6, 6.07) is 12.4. The van der Waals surface area contributed by atoms with Crippen LogP contribution in [-0.2, 0) is 39.9 Å². The highest BCUT2D eigenvalue weighted by Crippen LogP contribution is 2.25. The molecule has 1 aliphatic rings. The first kappa shape index (κ1) is 26.8. The fraction of sp³-hybridized carbons (Fsp3) is 0.385. The number of hydrogen-bond acceptors (Lipinski definition) is 8. The van der Waals surface area contributed by atoms with Crippen LogP contribution in [0.4, 0.5) is 10.1 Å². The summed E-state index contributed by atoms with van der Waals surface area (Å²) in [5.74, 6) is -4.06. The highest BCUT2D eigenvalue weighted by Gasteiger charge is 2.44. The summed E-state index contributed by atoms with van der Waals surface area (Å²) in [5.41, 5.74) is -0.191. The highest BCUT2D eigenvalue weighted by atomic mass is 19.1. The number of esters is 3. The lowest BCUT2D eigenvalue weighted by atomic mass is 10.1. The van der Waals surface area contributed by atoms with Gasteiger partial charge in [0.05, 0.1) is 12.2 Å². The van der Waals surface area contributed by atoms with E-state index in [9.17, 15) is 23.6 Å². The molecule has 0 aromatic heterocycles. The number of benzene rings is 2. The van der Waals surface area contributed by atoms with Gasteiger partial charge in [0.15, 0.2) is 6.10 Å². The topological polar surface area (TPSA) is 108 Å². The van der Waals surface area contributed by atoms with Crippen molar-refractivity contribution in [1.82, 2.24) is 0 Å². The monoisotopic (exact) mass is 501 g/mol. The van der Waals surface area contributed by atoms with Crippen molar-refractivity contribution >= 4 is 29.5 Å². The number of amides is 1. The van der Waals surface area contributed by atoms with Crippen LogP contribution in [0.25, 0.3) is 0 Å². The summed E-state index contributed by atoms with van der Waals surface area (Å²) < 4.78 is 35.6. The third-order valence-corrected chi connectivity index (χ3v) is 4.97. The van der Waals surface area contributed by atoms with Gasteiger partial charge in [0.2, 0.25) is 6.10 Å². The van der Waals surface area contributed by atoms with Crippen LogP contribution in [0.5, 0.6) is 0 Å². The van der Waals surface area contributed by atoms with Crippen LogP contribution in [0.15, 0.2) is 48.5 Å². The van der Waals surface area contributed by atoms with Crippen LogP contribution >= 0.6 is 0 Å². The molecule has 0 radical (unpaired) electrons. The fourth-order valence-corrected chi connectivity index (χ4v) is 3.51. The molecule has 0 N–H and O–H groups in total. The lowest BCUT2D eigenvalue weighted by Crippen LogP contribution is -2.56. The first-order valence-electron chi connectivity index (χ1n) is 11.3. The van der Waals surface area contributed by atoms with Gasteiger partial charge >= 0.3 is 17.9 Å². The Balaban J connectivity index is 1.82. The van der Waals surface area contributed by atoms with E-state index < -0.39 is 47.4 Å². The van der Waals surface area contributed by atoms with E-state index in [1.165, 1.54) is 6.07 Å². The van der Waals surface area contributed by atoms with Gasteiger partial charge in [-0.25, -0.2) is 14.0 Å². The van der Waals surface area contributed by atoms with E-state index in [2.05, 4.69) is 0 Å².